The van der Waals surface area contributed by atoms with Crippen molar-refractivity contribution in [2.45, 2.75) is 20.0 Å². The molecule has 0 aliphatic carbocycles. The lowest BCUT2D eigenvalue weighted by molar-refractivity contribution is -0.119. The van der Waals surface area contributed by atoms with Crippen molar-refractivity contribution in [2.75, 3.05) is 25.0 Å². The SMILES string of the molecule is CCCN(CC(=O)NC)c1ccc(CO)cn1. The molecule has 17 heavy (non-hydrogen) atoms. The van der Waals surface area contributed by atoms with E-state index in [1.165, 1.54) is 0 Å². The van der Waals surface area contributed by atoms with Crippen molar-refractivity contribution in [1.29, 1.82) is 0 Å². The zero-order chi connectivity index (χ0) is 12.7. The Morgan fingerprint density at radius 2 is 2.29 bits per heavy atom. The molecule has 1 amide bonds. The summed E-state index contributed by atoms with van der Waals surface area (Å²) in [6, 6.07) is 3.64. The Bertz CT molecular complexity index is 351. The van der Waals surface area contributed by atoms with Gasteiger partial charge in [-0.3, -0.25) is 4.79 Å². The van der Waals surface area contributed by atoms with Gasteiger partial charge in [0.15, 0.2) is 0 Å². The summed E-state index contributed by atoms with van der Waals surface area (Å²) in [5, 5.41) is 11.5. The Hall–Kier alpha value is -1.62. The van der Waals surface area contributed by atoms with E-state index >= 15 is 0 Å². The first-order chi connectivity index (χ1) is 8.21. The molecule has 1 rings (SSSR count). The zero-order valence-electron chi connectivity index (χ0n) is 10.3. The van der Waals surface area contributed by atoms with E-state index in [0.29, 0.717) is 6.54 Å². The molecule has 0 aromatic carbocycles. The van der Waals surface area contributed by atoms with Gasteiger partial charge in [0.05, 0.1) is 13.2 Å². The van der Waals surface area contributed by atoms with Crippen LogP contribution in [0.15, 0.2) is 18.3 Å². The number of likely N-dealkylation sites (N-methyl/N-ethyl adjacent to an activating group) is 1. The second-order valence-corrected chi connectivity index (χ2v) is 3.78. The van der Waals surface area contributed by atoms with Gasteiger partial charge in [-0.15, -0.1) is 0 Å². The number of anilines is 1. The largest absolute Gasteiger partial charge is 0.392 e. The van der Waals surface area contributed by atoms with Crippen LogP contribution in [0, 0.1) is 0 Å². The number of rotatable bonds is 6. The quantitative estimate of drug-likeness (QED) is 0.757. The highest BCUT2D eigenvalue weighted by Crippen LogP contribution is 2.11. The molecule has 0 fully saturated rings. The van der Waals surface area contributed by atoms with Gasteiger partial charge in [-0.05, 0) is 18.1 Å². The van der Waals surface area contributed by atoms with Crippen LogP contribution in [0.5, 0.6) is 0 Å². The smallest absolute Gasteiger partial charge is 0.239 e. The van der Waals surface area contributed by atoms with Gasteiger partial charge in [-0.1, -0.05) is 13.0 Å². The minimum atomic E-state index is -0.0357. The third-order valence-corrected chi connectivity index (χ3v) is 2.42. The molecule has 0 aliphatic rings. The van der Waals surface area contributed by atoms with Gasteiger partial charge in [0.25, 0.3) is 0 Å². The third kappa shape index (κ3) is 4.03. The third-order valence-electron chi connectivity index (χ3n) is 2.42. The van der Waals surface area contributed by atoms with Crippen LogP contribution in [-0.2, 0) is 11.4 Å². The summed E-state index contributed by atoms with van der Waals surface area (Å²) in [6.45, 7) is 3.12. The molecule has 1 aromatic heterocycles. The van der Waals surface area contributed by atoms with Crippen molar-refractivity contribution in [2.24, 2.45) is 0 Å². The number of nitrogens with one attached hydrogen (secondary N) is 1. The van der Waals surface area contributed by atoms with E-state index in [1.54, 1.807) is 13.2 Å². The van der Waals surface area contributed by atoms with Gasteiger partial charge in [0, 0.05) is 19.8 Å². The summed E-state index contributed by atoms with van der Waals surface area (Å²) >= 11 is 0. The van der Waals surface area contributed by atoms with Crippen LogP contribution in [0.1, 0.15) is 18.9 Å². The summed E-state index contributed by atoms with van der Waals surface area (Å²) in [7, 11) is 1.62. The topological polar surface area (TPSA) is 65.5 Å². The average molecular weight is 237 g/mol. The summed E-state index contributed by atoms with van der Waals surface area (Å²) < 4.78 is 0. The van der Waals surface area contributed by atoms with E-state index in [2.05, 4.69) is 17.2 Å². The second kappa shape index (κ2) is 6.85. The van der Waals surface area contributed by atoms with Crippen molar-refractivity contribution < 1.29 is 9.90 Å². The van der Waals surface area contributed by atoms with Crippen LogP contribution >= 0.6 is 0 Å². The predicted octanol–water partition coefficient (Wildman–Crippen LogP) is 0.536. The number of carbonyl (C=O) groups excluding carboxylic acids is 1. The van der Waals surface area contributed by atoms with E-state index < -0.39 is 0 Å². The molecule has 5 heteroatoms. The molecular weight excluding hydrogens is 218 g/mol. The molecule has 0 aliphatic heterocycles. The Labute approximate surface area is 101 Å². The number of hydrogen-bond acceptors (Lipinski definition) is 4. The number of aromatic nitrogens is 1. The van der Waals surface area contributed by atoms with Crippen molar-refractivity contribution in [1.82, 2.24) is 10.3 Å². The average Bonchev–Trinajstić information content (AvgIpc) is 2.38. The van der Waals surface area contributed by atoms with Crippen molar-refractivity contribution in [3.05, 3.63) is 23.9 Å². The summed E-state index contributed by atoms with van der Waals surface area (Å²) in [4.78, 5) is 17.5. The first-order valence-electron chi connectivity index (χ1n) is 5.72. The molecule has 0 spiro atoms. The lowest BCUT2D eigenvalue weighted by atomic mass is 10.3. The molecule has 1 heterocycles. The zero-order valence-corrected chi connectivity index (χ0v) is 10.3. The van der Waals surface area contributed by atoms with Crippen LogP contribution in [0.25, 0.3) is 0 Å². The van der Waals surface area contributed by atoms with Gasteiger partial charge >= 0.3 is 0 Å². The van der Waals surface area contributed by atoms with Crippen LogP contribution < -0.4 is 10.2 Å². The highest BCUT2D eigenvalue weighted by Gasteiger charge is 2.10. The highest BCUT2D eigenvalue weighted by atomic mass is 16.3. The predicted molar refractivity (Wildman–Crippen MR) is 66.7 cm³/mol. The van der Waals surface area contributed by atoms with Gasteiger partial charge in [0.1, 0.15) is 5.82 Å². The summed E-state index contributed by atoms with van der Waals surface area (Å²) in [6.07, 6.45) is 2.57. The molecule has 0 bridgehead atoms. The number of hydrogen-bond donors (Lipinski definition) is 2. The molecular formula is C12H19N3O2. The molecule has 0 radical (unpaired) electrons. The van der Waals surface area contributed by atoms with Crippen molar-refractivity contribution in [3.63, 3.8) is 0 Å². The van der Waals surface area contributed by atoms with Gasteiger partial charge in [-0.25, -0.2) is 4.98 Å². The lowest BCUT2D eigenvalue weighted by Gasteiger charge is -2.22. The molecule has 1 aromatic rings. The van der Waals surface area contributed by atoms with E-state index in [4.69, 9.17) is 5.11 Å². The van der Waals surface area contributed by atoms with Crippen molar-refractivity contribution >= 4 is 11.7 Å². The normalized spacial score (nSPS) is 10.1. The van der Waals surface area contributed by atoms with E-state index in [9.17, 15) is 4.79 Å². The number of nitrogens with zero attached hydrogens (tertiary/aromatic N) is 2. The standard InChI is InChI=1S/C12H19N3O2/c1-3-6-15(8-12(17)13-2)11-5-4-10(9-16)7-14-11/h4-5,7,16H,3,6,8-9H2,1-2H3,(H,13,17). The minimum Gasteiger partial charge on any atom is -0.392 e. The Morgan fingerprint density at radius 3 is 2.76 bits per heavy atom. The minimum absolute atomic E-state index is 0.0174. The van der Waals surface area contributed by atoms with E-state index in [0.717, 1.165) is 24.3 Å². The number of pyridine rings is 1. The van der Waals surface area contributed by atoms with Crippen LogP contribution in [0.3, 0.4) is 0 Å². The Kier molecular flexibility index (Phi) is 5.42. The second-order valence-electron chi connectivity index (χ2n) is 3.78. The first kappa shape index (κ1) is 13.4. The Balaban J connectivity index is 2.77. The van der Waals surface area contributed by atoms with Gasteiger partial charge < -0.3 is 15.3 Å². The van der Waals surface area contributed by atoms with E-state index in [1.807, 2.05) is 17.0 Å². The first-order valence-corrected chi connectivity index (χ1v) is 5.72. The number of aliphatic hydroxyl groups is 1. The van der Waals surface area contributed by atoms with Crippen LogP contribution in [-0.4, -0.2) is 36.1 Å². The van der Waals surface area contributed by atoms with Crippen LogP contribution in [0.2, 0.25) is 0 Å². The number of aliphatic hydroxyl groups excluding tert-OH is 1. The molecule has 2 N–H and O–H groups in total. The van der Waals surface area contributed by atoms with Crippen LogP contribution in [0.4, 0.5) is 5.82 Å². The maximum Gasteiger partial charge on any atom is 0.239 e. The number of carbonyl (C=O) groups is 1. The summed E-state index contributed by atoms with van der Waals surface area (Å²) in [5.41, 5.74) is 0.769. The fourth-order valence-corrected chi connectivity index (χ4v) is 1.49. The van der Waals surface area contributed by atoms with E-state index in [-0.39, 0.29) is 12.5 Å². The summed E-state index contributed by atoms with van der Waals surface area (Å²) in [5.74, 6) is 0.721. The maximum atomic E-state index is 11.4. The molecule has 0 saturated heterocycles. The number of amides is 1. The molecule has 0 saturated carbocycles. The highest BCUT2D eigenvalue weighted by molar-refractivity contribution is 5.80. The monoisotopic (exact) mass is 237 g/mol. The molecule has 94 valence electrons. The fraction of sp³-hybridized carbons (Fsp3) is 0.500. The lowest BCUT2D eigenvalue weighted by Crippen LogP contribution is -2.36. The molecule has 0 atom stereocenters. The maximum absolute atomic E-state index is 11.4. The Morgan fingerprint density at radius 1 is 1.53 bits per heavy atom. The fourth-order valence-electron chi connectivity index (χ4n) is 1.49. The van der Waals surface area contributed by atoms with Gasteiger partial charge in [-0.2, -0.15) is 0 Å². The molecule has 5 nitrogen and oxygen atoms in total. The molecule has 0 unspecified atom stereocenters. The van der Waals surface area contributed by atoms with Gasteiger partial charge in [0.2, 0.25) is 5.91 Å². The van der Waals surface area contributed by atoms with Crippen molar-refractivity contribution in [3.8, 4) is 0 Å².